The van der Waals surface area contributed by atoms with E-state index in [1.165, 1.54) is 28.2 Å². The molecular formula is C12H17N3O6S. The van der Waals surface area contributed by atoms with E-state index < -0.39 is 28.4 Å². The summed E-state index contributed by atoms with van der Waals surface area (Å²) in [6.45, 7) is 0.654. The summed E-state index contributed by atoms with van der Waals surface area (Å²) in [5.74, 6) is -1.82. The van der Waals surface area contributed by atoms with Crippen LogP contribution in [0.3, 0.4) is 0 Å². The van der Waals surface area contributed by atoms with Crippen molar-refractivity contribution in [3.05, 3.63) is 18.0 Å². The molecule has 2 rings (SSSR count). The highest BCUT2D eigenvalue weighted by atomic mass is 32.2. The number of amides is 1. The minimum atomic E-state index is -3.69. The highest BCUT2D eigenvalue weighted by Gasteiger charge is 2.28. The predicted molar refractivity (Wildman–Crippen MR) is 75.0 cm³/mol. The second-order valence-electron chi connectivity index (χ2n) is 4.76. The fourth-order valence-corrected chi connectivity index (χ4v) is 3.56. The van der Waals surface area contributed by atoms with Crippen molar-refractivity contribution in [1.29, 1.82) is 0 Å². The maximum Gasteiger partial charge on any atom is 0.322 e. The number of carboxylic acids is 1. The van der Waals surface area contributed by atoms with Gasteiger partial charge in [-0.15, -0.1) is 0 Å². The fourth-order valence-electron chi connectivity index (χ4n) is 2.08. The van der Waals surface area contributed by atoms with E-state index in [-0.39, 0.29) is 23.7 Å². The Labute approximate surface area is 127 Å². The number of carbonyl (C=O) groups is 2. The molecule has 2 N–H and O–H groups in total. The number of morpholine rings is 1. The Morgan fingerprint density at radius 1 is 1.36 bits per heavy atom. The molecule has 0 bridgehead atoms. The van der Waals surface area contributed by atoms with Crippen LogP contribution in [0.2, 0.25) is 0 Å². The molecule has 0 spiro atoms. The molecule has 0 aliphatic carbocycles. The van der Waals surface area contributed by atoms with E-state index in [1.807, 2.05) is 0 Å². The molecule has 0 atom stereocenters. The van der Waals surface area contributed by atoms with E-state index in [0.717, 1.165) is 0 Å². The predicted octanol–water partition coefficient (Wildman–Crippen LogP) is -1.14. The molecular weight excluding hydrogens is 314 g/mol. The Bertz CT molecular complexity index is 675. The maximum absolute atomic E-state index is 12.5. The Morgan fingerprint density at radius 3 is 2.59 bits per heavy atom. The first kappa shape index (κ1) is 16.5. The monoisotopic (exact) mass is 331 g/mol. The van der Waals surface area contributed by atoms with Crippen LogP contribution < -0.4 is 5.32 Å². The summed E-state index contributed by atoms with van der Waals surface area (Å²) in [7, 11) is -2.17. The van der Waals surface area contributed by atoms with E-state index in [4.69, 9.17) is 9.84 Å². The second kappa shape index (κ2) is 6.46. The summed E-state index contributed by atoms with van der Waals surface area (Å²) in [6.07, 6.45) is 1.33. The van der Waals surface area contributed by atoms with Gasteiger partial charge in [-0.1, -0.05) is 0 Å². The number of nitrogens with one attached hydrogen (secondary N) is 1. The third kappa shape index (κ3) is 3.46. The Hall–Kier alpha value is -1.91. The van der Waals surface area contributed by atoms with Crippen molar-refractivity contribution in [3.8, 4) is 0 Å². The molecule has 0 radical (unpaired) electrons. The van der Waals surface area contributed by atoms with Gasteiger partial charge in [-0.05, 0) is 6.07 Å². The maximum atomic E-state index is 12.5. The topological polar surface area (TPSA) is 118 Å². The lowest BCUT2D eigenvalue weighted by atomic mass is 10.4. The molecule has 22 heavy (non-hydrogen) atoms. The first-order valence-corrected chi connectivity index (χ1v) is 8.00. The van der Waals surface area contributed by atoms with Gasteiger partial charge in [-0.2, -0.15) is 4.31 Å². The molecule has 2 heterocycles. The van der Waals surface area contributed by atoms with Crippen LogP contribution in [0.4, 0.5) is 0 Å². The summed E-state index contributed by atoms with van der Waals surface area (Å²) in [5, 5.41) is 10.7. The standard InChI is InChI=1S/C12H17N3O6S/c1-14-8-9(6-10(14)12(18)13-7-11(16)17)22(19,20)15-2-4-21-5-3-15/h6,8H,2-5,7H2,1H3,(H,13,18)(H,16,17). The second-order valence-corrected chi connectivity index (χ2v) is 6.70. The van der Waals surface area contributed by atoms with Gasteiger partial charge in [0.1, 0.15) is 17.1 Å². The Morgan fingerprint density at radius 2 is 2.00 bits per heavy atom. The van der Waals surface area contributed by atoms with Crippen LogP contribution in [-0.4, -0.2) is 67.1 Å². The van der Waals surface area contributed by atoms with Gasteiger partial charge in [0.25, 0.3) is 5.91 Å². The van der Waals surface area contributed by atoms with Gasteiger partial charge in [0.05, 0.1) is 13.2 Å². The van der Waals surface area contributed by atoms with E-state index in [2.05, 4.69) is 5.32 Å². The molecule has 1 aromatic rings. The molecule has 10 heteroatoms. The van der Waals surface area contributed by atoms with Gasteiger partial charge in [-0.25, -0.2) is 8.42 Å². The zero-order chi connectivity index (χ0) is 16.3. The molecule has 122 valence electrons. The quantitative estimate of drug-likeness (QED) is 0.704. The summed E-state index contributed by atoms with van der Waals surface area (Å²) >= 11 is 0. The number of sulfonamides is 1. The number of aryl methyl sites for hydroxylation is 1. The van der Waals surface area contributed by atoms with Crippen molar-refractivity contribution in [1.82, 2.24) is 14.2 Å². The van der Waals surface area contributed by atoms with Crippen LogP contribution >= 0.6 is 0 Å². The molecule has 0 saturated carbocycles. The highest BCUT2D eigenvalue weighted by molar-refractivity contribution is 7.89. The van der Waals surface area contributed by atoms with Gasteiger partial charge in [0, 0.05) is 26.3 Å². The third-order valence-electron chi connectivity index (χ3n) is 3.22. The number of carbonyl (C=O) groups excluding carboxylic acids is 1. The lowest BCUT2D eigenvalue weighted by Crippen LogP contribution is -2.40. The lowest BCUT2D eigenvalue weighted by Gasteiger charge is -2.25. The van der Waals surface area contributed by atoms with E-state index in [1.54, 1.807) is 0 Å². The lowest BCUT2D eigenvalue weighted by molar-refractivity contribution is -0.135. The van der Waals surface area contributed by atoms with Crippen molar-refractivity contribution in [2.45, 2.75) is 4.90 Å². The average Bonchev–Trinajstić information content (AvgIpc) is 2.88. The number of ether oxygens (including phenoxy) is 1. The van der Waals surface area contributed by atoms with Gasteiger partial charge in [0.15, 0.2) is 0 Å². The fraction of sp³-hybridized carbons (Fsp3) is 0.500. The van der Waals surface area contributed by atoms with Crippen molar-refractivity contribution < 1.29 is 27.9 Å². The molecule has 0 unspecified atom stereocenters. The van der Waals surface area contributed by atoms with Crippen LogP contribution in [0, 0.1) is 0 Å². The number of hydrogen-bond donors (Lipinski definition) is 2. The van der Waals surface area contributed by atoms with E-state index in [0.29, 0.717) is 13.2 Å². The first-order chi connectivity index (χ1) is 10.3. The van der Waals surface area contributed by atoms with Gasteiger partial charge >= 0.3 is 5.97 Å². The number of aromatic nitrogens is 1. The van der Waals surface area contributed by atoms with Crippen LogP contribution in [0.25, 0.3) is 0 Å². The minimum absolute atomic E-state index is 0.00243. The van der Waals surface area contributed by atoms with E-state index >= 15 is 0 Å². The van der Waals surface area contributed by atoms with Gasteiger partial charge < -0.3 is 19.7 Å². The molecule has 1 aliphatic rings. The third-order valence-corrected chi connectivity index (χ3v) is 5.08. The van der Waals surface area contributed by atoms with Crippen molar-refractivity contribution >= 4 is 21.9 Å². The summed E-state index contributed by atoms with van der Waals surface area (Å²) in [6, 6.07) is 1.24. The van der Waals surface area contributed by atoms with Crippen LogP contribution in [0.15, 0.2) is 17.2 Å². The Balaban J connectivity index is 2.21. The molecule has 1 fully saturated rings. The SMILES string of the molecule is Cn1cc(S(=O)(=O)N2CCOCC2)cc1C(=O)NCC(=O)O. The van der Waals surface area contributed by atoms with Crippen LogP contribution in [0.1, 0.15) is 10.5 Å². The minimum Gasteiger partial charge on any atom is -0.480 e. The number of rotatable bonds is 5. The number of nitrogens with zero attached hydrogens (tertiary/aromatic N) is 2. The zero-order valence-electron chi connectivity index (χ0n) is 12.0. The number of hydrogen-bond acceptors (Lipinski definition) is 5. The van der Waals surface area contributed by atoms with Crippen molar-refractivity contribution in [2.24, 2.45) is 7.05 Å². The van der Waals surface area contributed by atoms with Gasteiger partial charge in [0.2, 0.25) is 10.0 Å². The summed E-state index contributed by atoms with van der Waals surface area (Å²) in [5.41, 5.74) is 0.0769. The summed E-state index contributed by atoms with van der Waals surface area (Å²) < 4.78 is 32.7. The van der Waals surface area contributed by atoms with Crippen LogP contribution in [0.5, 0.6) is 0 Å². The smallest absolute Gasteiger partial charge is 0.322 e. The zero-order valence-corrected chi connectivity index (χ0v) is 12.8. The van der Waals surface area contributed by atoms with Crippen molar-refractivity contribution in [2.75, 3.05) is 32.8 Å². The number of carboxylic acid groups (broad SMARTS) is 1. The van der Waals surface area contributed by atoms with Crippen LogP contribution in [-0.2, 0) is 26.6 Å². The van der Waals surface area contributed by atoms with E-state index in [9.17, 15) is 18.0 Å². The largest absolute Gasteiger partial charge is 0.480 e. The van der Waals surface area contributed by atoms with Gasteiger partial charge in [-0.3, -0.25) is 9.59 Å². The Kier molecular flexibility index (Phi) is 4.84. The number of aliphatic carboxylic acids is 1. The van der Waals surface area contributed by atoms with Crippen molar-refractivity contribution in [3.63, 3.8) is 0 Å². The molecule has 1 amide bonds. The molecule has 1 saturated heterocycles. The highest BCUT2D eigenvalue weighted by Crippen LogP contribution is 2.19. The molecule has 1 aliphatic heterocycles. The average molecular weight is 331 g/mol. The molecule has 1 aromatic heterocycles. The molecule has 9 nitrogen and oxygen atoms in total. The first-order valence-electron chi connectivity index (χ1n) is 6.56. The molecule has 0 aromatic carbocycles. The summed E-state index contributed by atoms with van der Waals surface area (Å²) in [4.78, 5) is 22.3. The normalized spacial score (nSPS) is 16.4.